The van der Waals surface area contributed by atoms with Gasteiger partial charge >= 0.3 is 0 Å². The van der Waals surface area contributed by atoms with Crippen LogP contribution in [-0.4, -0.2) is 17.5 Å². The molecular weight excluding hydrogens is 152 g/mol. The fourth-order valence-corrected chi connectivity index (χ4v) is 1.94. The smallest absolute Gasteiger partial charge is 0.133 e. The van der Waals surface area contributed by atoms with Crippen molar-refractivity contribution in [3.05, 3.63) is 12.2 Å². The Hall–Kier alpha value is -0.630. The van der Waals surface area contributed by atoms with Crippen molar-refractivity contribution in [1.82, 2.24) is 0 Å². The summed E-state index contributed by atoms with van der Waals surface area (Å²) in [5.41, 5.74) is 0. The minimum Gasteiger partial charge on any atom is -0.396 e. The van der Waals surface area contributed by atoms with Crippen LogP contribution in [0.4, 0.5) is 0 Å². The molecule has 1 aliphatic rings. The fourth-order valence-electron chi connectivity index (χ4n) is 1.94. The largest absolute Gasteiger partial charge is 0.396 e. The number of Topliss-reactive ketones (excluding diaryl/α,β-unsaturated/α-hetero) is 1. The molecule has 0 radical (unpaired) electrons. The van der Waals surface area contributed by atoms with E-state index in [0.29, 0.717) is 5.92 Å². The molecule has 1 rings (SSSR count). The van der Waals surface area contributed by atoms with Crippen molar-refractivity contribution in [2.45, 2.75) is 20.3 Å². The molecule has 0 bridgehead atoms. The van der Waals surface area contributed by atoms with Crippen molar-refractivity contribution in [3.8, 4) is 0 Å². The molecule has 0 heterocycles. The standard InChI is InChI=1S/C10H16O2/c1-3-4-8-5-9(7(2)12)10(8)6-11/h3-4,8-11H,5-6H2,1-2H3/t8?,9-,10-/m1/s1. The topological polar surface area (TPSA) is 37.3 Å². The number of aliphatic hydroxyl groups excluding tert-OH is 1. The molecule has 0 aromatic heterocycles. The Kier molecular flexibility index (Phi) is 3.04. The second-order valence-electron chi connectivity index (χ2n) is 3.49. The maximum atomic E-state index is 11.0. The molecule has 0 saturated heterocycles. The number of rotatable bonds is 3. The van der Waals surface area contributed by atoms with E-state index in [2.05, 4.69) is 6.08 Å². The number of carbonyl (C=O) groups excluding carboxylic acids is 1. The summed E-state index contributed by atoms with van der Waals surface area (Å²) in [5.74, 6) is 0.929. The van der Waals surface area contributed by atoms with Crippen LogP contribution < -0.4 is 0 Å². The lowest BCUT2D eigenvalue weighted by Gasteiger charge is -2.40. The Balaban J connectivity index is 2.51. The molecule has 0 amide bonds. The lowest BCUT2D eigenvalue weighted by atomic mass is 9.63. The molecule has 1 unspecified atom stereocenters. The van der Waals surface area contributed by atoms with Crippen molar-refractivity contribution in [2.24, 2.45) is 17.8 Å². The first-order valence-corrected chi connectivity index (χ1v) is 4.44. The third kappa shape index (κ3) is 1.58. The van der Waals surface area contributed by atoms with Gasteiger partial charge in [0.05, 0.1) is 0 Å². The van der Waals surface area contributed by atoms with Gasteiger partial charge in [-0.15, -0.1) is 0 Å². The summed E-state index contributed by atoms with van der Waals surface area (Å²) >= 11 is 0. The summed E-state index contributed by atoms with van der Waals surface area (Å²) in [6.45, 7) is 3.72. The number of ketones is 1. The number of carbonyl (C=O) groups is 1. The van der Waals surface area contributed by atoms with E-state index in [9.17, 15) is 4.79 Å². The molecule has 12 heavy (non-hydrogen) atoms. The summed E-state index contributed by atoms with van der Waals surface area (Å²) < 4.78 is 0. The summed E-state index contributed by atoms with van der Waals surface area (Å²) in [6, 6.07) is 0. The Morgan fingerprint density at radius 2 is 2.33 bits per heavy atom. The van der Waals surface area contributed by atoms with Gasteiger partial charge in [0.2, 0.25) is 0 Å². The van der Waals surface area contributed by atoms with Gasteiger partial charge in [-0.05, 0) is 32.1 Å². The van der Waals surface area contributed by atoms with Crippen LogP contribution in [0.5, 0.6) is 0 Å². The Labute approximate surface area is 73.3 Å². The van der Waals surface area contributed by atoms with E-state index < -0.39 is 0 Å². The van der Waals surface area contributed by atoms with Gasteiger partial charge < -0.3 is 5.11 Å². The second-order valence-corrected chi connectivity index (χ2v) is 3.49. The van der Waals surface area contributed by atoms with Crippen LogP contribution in [0.25, 0.3) is 0 Å². The SMILES string of the molecule is CC=CC1C[C@H](C(C)=O)[C@@H]1CO. The van der Waals surface area contributed by atoms with Gasteiger partial charge in [-0.2, -0.15) is 0 Å². The molecule has 3 atom stereocenters. The van der Waals surface area contributed by atoms with Gasteiger partial charge in [0.25, 0.3) is 0 Å². The van der Waals surface area contributed by atoms with Crippen LogP contribution in [0, 0.1) is 17.8 Å². The van der Waals surface area contributed by atoms with E-state index in [1.54, 1.807) is 6.92 Å². The minimum absolute atomic E-state index is 0.108. The predicted molar refractivity (Wildman–Crippen MR) is 47.7 cm³/mol. The maximum Gasteiger partial charge on any atom is 0.133 e. The van der Waals surface area contributed by atoms with Crippen LogP contribution in [-0.2, 0) is 4.79 Å². The van der Waals surface area contributed by atoms with E-state index in [4.69, 9.17) is 5.11 Å². The third-order valence-corrected chi connectivity index (χ3v) is 2.77. The zero-order chi connectivity index (χ0) is 9.14. The maximum absolute atomic E-state index is 11.0. The van der Waals surface area contributed by atoms with Crippen LogP contribution in [0.2, 0.25) is 0 Å². The van der Waals surface area contributed by atoms with Crippen molar-refractivity contribution in [3.63, 3.8) is 0 Å². The predicted octanol–water partition coefficient (Wildman–Crippen LogP) is 1.40. The van der Waals surface area contributed by atoms with Crippen LogP contribution in [0.1, 0.15) is 20.3 Å². The molecule has 2 heteroatoms. The van der Waals surface area contributed by atoms with Gasteiger partial charge in [-0.3, -0.25) is 4.79 Å². The quantitative estimate of drug-likeness (QED) is 0.647. The lowest BCUT2D eigenvalue weighted by Crippen LogP contribution is -2.41. The van der Waals surface area contributed by atoms with Crippen molar-refractivity contribution in [2.75, 3.05) is 6.61 Å². The van der Waals surface area contributed by atoms with Gasteiger partial charge in [0, 0.05) is 12.5 Å². The van der Waals surface area contributed by atoms with E-state index in [1.165, 1.54) is 0 Å². The molecule has 1 N–H and O–H groups in total. The molecule has 2 nitrogen and oxygen atoms in total. The average molecular weight is 168 g/mol. The van der Waals surface area contributed by atoms with E-state index in [-0.39, 0.29) is 24.2 Å². The zero-order valence-electron chi connectivity index (χ0n) is 7.66. The first-order valence-electron chi connectivity index (χ1n) is 4.44. The number of hydrogen-bond donors (Lipinski definition) is 1. The fraction of sp³-hybridized carbons (Fsp3) is 0.700. The number of allylic oxidation sites excluding steroid dienone is 2. The van der Waals surface area contributed by atoms with Crippen molar-refractivity contribution >= 4 is 5.78 Å². The first-order chi connectivity index (χ1) is 5.70. The van der Waals surface area contributed by atoms with Gasteiger partial charge in [0.1, 0.15) is 5.78 Å². The number of aliphatic hydroxyl groups is 1. The molecule has 0 aliphatic heterocycles. The molecule has 68 valence electrons. The highest BCUT2D eigenvalue weighted by Crippen LogP contribution is 2.41. The molecule has 1 saturated carbocycles. The minimum atomic E-state index is 0.108. The van der Waals surface area contributed by atoms with E-state index in [1.807, 2.05) is 13.0 Å². The summed E-state index contributed by atoms with van der Waals surface area (Å²) in [6.07, 6.45) is 4.99. The van der Waals surface area contributed by atoms with Gasteiger partial charge in [-0.1, -0.05) is 12.2 Å². The van der Waals surface area contributed by atoms with Crippen LogP contribution in [0.3, 0.4) is 0 Å². The van der Waals surface area contributed by atoms with E-state index in [0.717, 1.165) is 6.42 Å². The molecular formula is C10H16O2. The summed E-state index contributed by atoms with van der Waals surface area (Å²) in [4.78, 5) is 11.0. The van der Waals surface area contributed by atoms with Gasteiger partial charge in [0.15, 0.2) is 0 Å². The second kappa shape index (κ2) is 3.85. The molecule has 0 spiro atoms. The summed E-state index contributed by atoms with van der Waals surface area (Å²) in [7, 11) is 0. The van der Waals surface area contributed by atoms with E-state index >= 15 is 0 Å². The molecule has 0 aromatic carbocycles. The van der Waals surface area contributed by atoms with Crippen molar-refractivity contribution < 1.29 is 9.90 Å². The third-order valence-electron chi connectivity index (χ3n) is 2.77. The highest BCUT2D eigenvalue weighted by molar-refractivity contribution is 5.79. The normalized spacial score (nSPS) is 35.1. The summed E-state index contributed by atoms with van der Waals surface area (Å²) in [5, 5.41) is 9.02. The Bertz CT molecular complexity index is 196. The van der Waals surface area contributed by atoms with Crippen LogP contribution in [0.15, 0.2) is 12.2 Å². The highest BCUT2D eigenvalue weighted by atomic mass is 16.3. The van der Waals surface area contributed by atoms with Gasteiger partial charge in [-0.25, -0.2) is 0 Å². The Morgan fingerprint density at radius 1 is 1.67 bits per heavy atom. The monoisotopic (exact) mass is 168 g/mol. The number of hydrogen-bond acceptors (Lipinski definition) is 2. The molecule has 1 aliphatic carbocycles. The molecule has 0 aromatic rings. The average Bonchev–Trinajstić information content (AvgIpc) is 1.97. The van der Waals surface area contributed by atoms with Crippen LogP contribution >= 0.6 is 0 Å². The first kappa shape index (κ1) is 9.46. The van der Waals surface area contributed by atoms with Crippen molar-refractivity contribution in [1.29, 1.82) is 0 Å². The molecule has 1 fully saturated rings. The highest BCUT2D eigenvalue weighted by Gasteiger charge is 2.41. The zero-order valence-corrected chi connectivity index (χ0v) is 7.66. The lowest BCUT2D eigenvalue weighted by molar-refractivity contribution is -0.129. The Morgan fingerprint density at radius 3 is 2.75 bits per heavy atom.